The Bertz CT molecular complexity index is 1220. The molecule has 1 aromatic carbocycles. The van der Waals surface area contributed by atoms with Crippen LogP contribution in [0.4, 0.5) is 5.00 Å². The van der Waals surface area contributed by atoms with E-state index in [0.717, 1.165) is 29.7 Å². The molecule has 0 saturated carbocycles. The van der Waals surface area contributed by atoms with E-state index in [1.165, 1.54) is 23.1 Å². The van der Waals surface area contributed by atoms with Gasteiger partial charge in [-0.05, 0) is 59.8 Å². The first-order chi connectivity index (χ1) is 15.4. The van der Waals surface area contributed by atoms with Gasteiger partial charge in [0.2, 0.25) is 5.69 Å². The van der Waals surface area contributed by atoms with Crippen LogP contribution in [0.5, 0.6) is 5.75 Å². The number of aromatic nitrogens is 2. The second kappa shape index (κ2) is 8.99. The molecule has 0 amide bonds. The molecule has 2 heterocycles. The molecule has 0 aliphatic heterocycles. The first-order valence-corrected chi connectivity index (χ1v) is 11.1. The zero-order valence-electron chi connectivity index (χ0n) is 18.0. The number of carbonyl (C=O) groups excluding carboxylic acids is 1. The Hall–Kier alpha value is -3.40. The van der Waals surface area contributed by atoms with Gasteiger partial charge in [0.25, 0.3) is 0 Å². The van der Waals surface area contributed by atoms with Gasteiger partial charge in [0, 0.05) is 17.0 Å². The molecule has 9 nitrogen and oxygen atoms in total. The SMILES string of the molecule is CCOC(=O)c1c(/N=C(\[O-])c2c(=O)o[nH][n+]2-c2ccc(OC)cc2)sc2c1CCC(C)C2. The summed E-state index contributed by atoms with van der Waals surface area (Å²) in [6.07, 6.45) is 2.49. The fraction of sp³-hybridized carbons (Fsp3) is 0.364. The highest BCUT2D eigenvalue weighted by molar-refractivity contribution is 7.16. The molecule has 0 saturated heterocycles. The molecular formula is C22H23N3O6S. The van der Waals surface area contributed by atoms with Crippen molar-refractivity contribution in [1.82, 2.24) is 5.27 Å². The maximum atomic E-state index is 13.1. The Balaban J connectivity index is 1.79. The predicted molar refractivity (Wildman–Crippen MR) is 115 cm³/mol. The summed E-state index contributed by atoms with van der Waals surface area (Å²) in [5.74, 6) is -0.216. The standard InChI is InChI=1S/C22H23N3O6S/c1-4-30-21(27)17-15-10-5-12(2)11-16(15)32-20(17)23-19(26)18-22(28)31-24-25(18)13-6-8-14(29-3)9-7-13/h6-9,12H,4-5,10-11H2,1-3H3,(H-,23,24,26,27,28). The summed E-state index contributed by atoms with van der Waals surface area (Å²) in [5, 5.41) is 15.8. The Labute approximate surface area is 187 Å². The van der Waals surface area contributed by atoms with E-state index in [1.807, 2.05) is 0 Å². The molecule has 10 heteroatoms. The van der Waals surface area contributed by atoms with Crippen LogP contribution in [-0.2, 0) is 17.6 Å². The van der Waals surface area contributed by atoms with Gasteiger partial charge >= 0.3 is 17.3 Å². The van der Waals surface area contributed by atoms with Gasteiger partial charge in [-0.2, -0.15) is 0 Å². The molecule has 1 atom stereocenters. The lowest BCUT2D eigenvalue weighted by Crippen LogP contribution is -2.44. The number of H-pyrrole nitrogens is 1. The molecule has 0 spiro atoms. The van der Waals surface area contributed by atoms with Crippen molar-refractivity contribution in [3.63, 3.8) is 0 Å². The topological polar surface area (TPSA) is 121 Å². The molecule has 168 valence electrons. The molecule has 2 aromatic heterocycles. The van der Waals surface area contributed by atoms with Gasteiger partial charge in [-0.3, -0.25) is 4.52 Å². The molecule has 1 aliphatic rings. The molecular weight excluding hydrogens is 434 g/mol. The predicted octanol–water partition coefficient (Wildman–Crippen LogP) is 2.05. The smallest absolute Gasteiger partial charge is 0.436 e. The number of aromatic amines is 1. The first kappa shape index (κ1) is 21.8. The number of fused-ring (bicyclic) bond motifs is 1. The minimum atomic E-state index is -0.859. The molecule has 32 heavy (non-hydrogen) atoms. The summed E-state index contributed by atoms with van der Waals surface area (Å²) in [4.78, 5) is 30.2. The van der Waals surface area contributed by atoms with Crippen molar-refractivity contribution in [3.8, 4) is 11.4 Å². The third-order valence-electron chi connectivity index (χ3n) is 5.36. The Morgan fingerprint density at radius 2 is 2.12 bits per heavy atom. The lowest BCUT2D eigenvalue weighted by molar-refractivity contribution is -0.673. The van der Waals surface area contributed by atoms with Crippen LogP contribution in [0.25, 0.3) is 5.69 Å². The van der Waals surface area contributed by atoms with Gasteiger partial charge in [0.1, 0.15) is 10.8 Å². The van der Waals surface area contributed by atoms with Crippen molar-refractivity contribution < 1.29 is 28.6 Å². The van der Waals surface area contributed by atoms with Crippen LogP contribution in [0.2, 0.25) is 0 Å². The molecule has 3 aromatic rings. The lowest BCUT2D eigenvalue weighted by atomic mass is 9.88. The van der Waals surface area contributed by atoms with Gasteiger partial charge in [0.05, 0.1) is 25.2 Å². The highest BCUT2D eigenvalue weighted by atomic mass is 32.1. The second-order valence-corrected chi connectivity index (χ2v) is 8.62. The number of hydrogen-bond acceptors (Lipinski definition) is 8. The van der Waals surface area contributed by atoms with E-state index >= 15 is 0 Å². The number of hydrogen-bond donors (Lipinski definition) is 1. The Morgan fingerprint density at radius 3 is 2.81 bits per heavy atom. The van der Waals surface area contributed by atoms with Crippen LogP contribution in [0.1, 0.15) is 46.8 Å². The van der Waals surface area contributed by atoms with Crippen LogP contribution in [-0.4, -0.2) is 30.9 Å². The fourth-order valence-electron chi connectivity index (χ4n) is 3.74. The van der Waals surface area contributed by atoms with Crippen LogP contribution in [0.15, 0.2) is 38.6 Å². The minimum Gasteiger partial charge on any atom is -0.854 e. The number of thiophene rings is 1. The number of methoxy groups -OCH3 is 1. The number of nitrogens with zero attached hydrogens (tertiary/aromatic N) is 2. The summed E-state index contributed by atoms with van der Waals surface area (Å²) in [6, 6.07) is 6.70. The number of rotatable bonds is 6. The van der Waals surface area contributed by atoms with Crippen molar-refractivity contribution in [3.05, 3.63) is 56.4 Å². The summed E-state index contributed by atoms with van der Waals surface area (Å²) < 4.78 is 16.4. The lowest BCUT2D eigenvalue weighted by Gasteiger charge is -2.18. The van der Waals surface area contributed by atoms with Crippen molar-refractivity contribution in [2.24, 2.45) is 10.9 Å². The number of benzene rings is 1. The zero-order chi connectivity index (χ0) is 22.8. The van der Waals surface area contributed by atoms with E-state index in [9.17, 15) is 14.7 Å². The average molecular weight is 458 g/mol. The van der Waals surface area contributed by atoms with Crippen LogP contribution >= 0.6 is 11.3 Å². The number of esters is 1. The number of ether oxygens (including phenoxy) is 2. The molecule has 0 fully saturated rings. The Kier molecular flexibility index (Phi) is 6.13. The monoisotopic (exact) mass is 457 g/mol. The summed E-state index contributed by atoms with van der Waals surface area (Å²) in [7, 11) is 1.54. The summed E-state index contributed by atoms with van der Waals surface area (Å²) >= 11 is 1.30. The van der Waals surface area contributed by atoms with Gasteiger partial charge in [-0.25, -0.2) is 14.6 Å². The minimum absolute atomic E-state index is 0.214. The van der Waals surface area contributed by atoms with Crippen LogP contribution in [0.3, 0.4) is 0 Å². The first-order valence-electron chi connectivity index (χ1n) is 10.3. The molecule has 4 rings (SSSR count). The molecule has 1 N–H and O–H groups in total. The van der Waals surface area contributed by atoms with E-state index in [1.54, 1.807) is 31.2 Å². The third kappa shape index (κ3) is 4.05. The molecule has 1 unspecified atom stereocenters. The van der Waals surface area contributed by atoms with E-state index in [2.05, 4.69) is 17.2 Å². The van der Waals surface area contributed by atoms with Crippen LogP contribution in [0, 0.1) is 5.92 Å². The largest absolute Gasteiger partial charge is 0.854 e. The average Bonchev–Trinajstić information content (AvgIpc) is 3.33. The third-order valence-corrected chi connectivity index (χ3v) is 6.50. The van der Waals surface area contributed by atoms with Crippen molar-refractivity contribution >= 4 is 28.2 Å². The highest BCUT2D eigenvalue weighted by Crippen LogP contribution is 2.41. The van der Waals surface area contributed by atoms with Gasteiger partial charge < -0.3 is 14.6 Å². The van der Waals surface area contributed by atoms with Gasteiger partial charge in [-0.15, -0.1) is 11.3 Å². The second-order valence-electron chi connectivity index (χ2n) is 7.53. The number of carbonyl (C=O) groups is 1. The molecule has 1 aliphatic carbocycles. The van der Waals surface area contributed by atoms with Crippen LogP contribution < -0.4 is 20.2 Å². The van der Waals surface area contributed by atoms with E-state index in [-0.39, 0.29) is 17.3 Å². The maximum absolute atomic E-state index is 13.1. The van der Waals surface area contributed by atoms with Gasteiger partial charge in [-0.1, -0.05) is 6.92 Å². The summed E-state index contributed by atoms with van der Waals surface area (Å²) in [6.45, 7) is 4.09. The van der Waals surface area contributed by atoms with E-state index in [4.69, 9.17) is 14.0 Å². The fourth-order valence-corrected chi connectivity index (χ4v) is 5.11. The number of nitrogens with one attached hydrogen (secondary N) is 1. The van der Waals surface area contributed by atoms with E-state index < -0.39 is 17.5 Å². The zero-order valence-corrected chi connectivity index (χ0v) is 18.8. The normalized spacial score (nSPS) is 16.0. The quantitative estimate of drug-likeness (QED) is 0.262. The van der Waals surface area contributed by atoms with Crippen molar-refractivity contribution in [2.45, 2.75) is 33.1 Å². The van der Waals surface area contributed by atoms with Crippen molar-refractivity contribution in [1.29, 1.82) is 0 Å². The highest BCUT2D eigenvalue weighted by Gasteiger charge is 2.30. The summed E-state index contributed by atoms with van der Waals surface area (Å²) in [5.41, 5.74) is 0.539. The molecule has 0 bridgehead atoms. The number of aliphatic imine (C=N–C) groups is 1. The van der Waals surface area contributed by atoms with Crippen molar-refractivity contribution in [2.75, 3.05) is 13.7 Å². The Morgan fingerprint density at radius 1 is 1.38 bits per heavy atom. The van der Waals surface area contributed by atoms with E-state index in [0.29, 0.717) is 22.9 Å². The maximum Gasteiger partial charge on any atom is 0.436 e. The molecule has 0 radical (unpaired) electrons. The van der Waals surface area contributed by atoms with Gasteiger partial charge in [0.15, 0.2) is 0 Å².